The molecule has 1 heterocycles. The zero-order valence-corrected chi connectivity index (χ0v) is 12.0. The molecule has 7 nitrogen and oxygen atoms in total. The van der Waals surface area contributed by atoms with Crippen LogP contribution in [0.25, 0.3) is 0 Å². The number of benzene rings is 1. The number of nitrogens with two attached hydrogens (primary N) is 1. The zero-order chi connectivity index (χ0) is 15.6. The van der Waals surface area contributed by atoms with Gasteiger partial charge in [0.2, 0.25) is 17.7 Å². The SMILES string of the molecule is Cc1ccc(NC(=O)CN2CC(=O)NC(=O)C2C)cc1N. The Morgan fingerprint density at radius 2 is 2.19 bits per heavy atom. The maximum Gasteiger partial charge on any atom is 0.243 e. The van der Waals surface area contributed by atoms with Gasteiger partial charge in [-0.15, -0.1) is 0 Å². The molecule has 1 atom stereocenters. The normalized spacial score (nSPS) is 19.2. The van der Waals surface area contributed by atoms with Gasteiger partial charge in [-0.2, -0.15) is 0 Å². The number of nitrogen functional groups attached to an aromatic ring is 1. The topological polar surface area (TPSA) is 105 Å². The average Bonchev–Trinajstić information content (AvgIpc) is 2.39. The number of aryl methyl sites for hydroxylation is 1. The molecule has 4 N–H and O–H groups in total. The van der Waals surface area contributed by atoms with Crippen molar-refractivity contribution in [3.05, 3.63) is 23.8 Å². The van der Waals surface area contributed by atoms with Gasteiger partial charge in [0.15, 0.2) is 0 Å². The molecular formula is C14H18N4O3. The number of carbonyl (C=O) groups excluding carboxylic acids is 3. The Bertz CT molecular complexity index is 600. The number of nitrogens with zero attached hydrogens (tertiary/aromatic N) is 1. The summed E-state index contributed by atoms with van der Waals surface area (Å²) in [5.74, 6) is -1.09. The standard InChI is InChI=1S/C14H18N4O3/c1-8-3-4-10(5-11(8)15)16-12(19)6-18-7-13(20)17-14(21)9(18)2/h3-5,9H,6-7,15H2,1-2H3,(H,16,19)(H,17,20,21). The van der Waals surface area contributed by atoms with Crippen molar-refractivity contribution >= 4 is 29.1 Å². The number of hydrogen-bond acceptors (Lipinski definition) is 5. The number of nitrogens with one attached hydrogen (secondary N) is 2. The number of piperazine rings is 1. The maximum atomic E-state index is 12.0. The lowest BCUT2D eigenvalue weighted by Gasteiger charge is -2.30. The summed E-state index contributed by atoms with van der Waals surface area (Å²) in [7, 11) is 0. The van der Waals surface area contributed by atoms with Gasteiger partial charge < -0.3 is 11.1 Å². The van der Waals surface area contributed by atoms with Gasteiger partial charge in [-0.1, -0.05) is 6.07 Å². The molecule has 1 aliphatic heterocycles. The molecule has 1 unspecified atom stereocenters. The summed E-state index contributed by atoms with van der Waals surface area (Å²) < 4.78 is 0. The van der Waals surface area contributed by atoms with Crippen LogP contribution in [-0.4, -0.2) is 41.8 Å². The molecule has 0 aliphatic carbocycles. The number of rotatable bonds is 3. The average molecular weight is 290 g/mol. The number of amides is 3. The van der Waals surface area contributed by atoms with E-state index in [-0.39, 0.29) is 19.0 Å². The van der Waals surface area contributed by atoms with E-state index in [9.17, 15) is 14.4 Å². The van der Waals surface area contributed by atoms with Crippen LogP contribution in [0.5, 0.6) is 0 Å². The second-order valence-electron chi connectivity index (χ2n) is 5.11. The third-order valence-corrected chi connectivity index (χ3v) is 3.45. The van der Waals surface area contributed by atoms with Crippen LogP contribution in [0.1, 0.15) is 12.5 Å². The lowest BCUT2D eigenvalue weighted by atomic mass is 10.2. The molecule has 0 aromatic heterocycles. The molecule has 3 amide bonds. The van der Waals surface area contributed by atoms with Crippen molar-refractivity contribution < 1.29 is 14.4 Å². The summed E-state index contributed by atoms with van der Waals surface area (Å²) in [6, 6.07) is 4.72. The van der Waals surface area contributed by atoms with Crippen LogP contribution < -0.4 is 16.4 Å². The second-order valence-corrected chi connectivity index (χ2v) is 5.11. The number of hydrogen-bond donors (Lipinski definition) is 3. The molecule has 0 spiro atoms. The van der Waals surface area contributed by atoms with Crippen LogP contribution >= 0.6 is 0 Å². The molecule has 0 saturated carbocycles. The van der Waals surface area contributed by atoms with Crippen molar-refractivity contribution in [2.24, 2.45) is 0 Å². The molecule has 112 valence electrons. The number of anilines is 2. The smallest absolute Gasteiger partial charge is 0.243 e. The van der Waals surface area contributed by atoms with E-state index >= 15 is 0 Å². The molecule has 1 aromatic rings. The molecule has 0 radical (unpaired) electrons. The fraction of sp³-hybridized carbons (Fsp3) is 0.357. The van der Waals surface area contributed by atoms with E-state index in [0.717, 1.165) is 5.56 Å². The first kappa shape index (κ1) is 15.0. The van der Waals surface area contributed by atoms with E-state index in [1.54, 1.807) is 19.1 Å². The molecule has 1 aromatic carbocycles. The zero-order valence-electron chi connectivity index (χ0n) is 12.0. The minimum absolute atomic E-state index is 0.0242. The van der Waals surface area contributed by atoms with E-state index < -0.39 is 17.9 Å². The molecular weight excluding hydrogens is 272 g/mol. The summed E-state index contributed by atoms with van der Waals surface area (Å²) in [4.78, 5) is 36.4. The molecule has 7 heteroatoms. The summed E-state index contributed by atoms with van der Waals surface area (Å²) in [6.45, 7) is 3.52. The molecule has 0 bridgehead atoms. The Hall–Kier alpha value is -2.41. The Kier molecular flexibility index (Phi) is 4.23. The Morgan fingerprint density at radius 3 is 2.86 bits per heavy atom. The fourth-order valence-electron chi connectivity index (χ4n) is 2.06. The summed E-state index contributed by atoms with van der Waals surface area (Å²) in [5.41, 5.74) is 7.89. The van der Waals surface area contributed by atoms with Crippen LogP contribution in [0.15, 0.2) is 18.2 Å². The Balaban J connectivity index is 1.99. The van der Waals surface area contributed by atoms with Crippen LogP contribution in [-0.2, 0) is 14.4 Å². The minimum atomic E-state index is -0.517. The van der Waals surface area contributed by atoms with Crippen LogP contribution in [0.3, 0.4) is 0 Å². The molecule has 1 fully saturated rings. The fourth-order valence-corrected chi connectivity index (χ4v) is 2.06. The van der Waals surface area contributed by atoms with E-state index in [1.165, 1.54) is 4.90 Å². The molecule has 1 saturated heterocycles. The molecule has 21 heavy (non-hydrogen) atoms. The third-order valence-electron chi connectivity index (χ3n) is 3.45. The van der Waals surface area contributed by atoms with Crippen molar-refractivity contribution in [1.29, 1.82) is 0 Å². The van der Waals surface area contributed by atoms with Gasteiger partial charge in [0.05, 0.1) is 19.1 Å². The highest BCUT2D eigenvalue weighted by molar-refractivity contribution is 6.02. The van der Waals surface area contributed by atoms with Crippen LogP contribution in [0.2, 0.25) is 0 Å². The van der Waals surface area contributed by atoms with E-state index in [0.29, 0.717) is 11.4 Å². The van der Waals surface area contributed by atoms with Gasteiger partial charge in [0.25, 0.3) is 0 Å². The van der Waals surface area contributed by atoms with Crippen molar-refractivity contribution in [1.82, 2.24) is 10.2 Å². The first-order valence-electron chi connectivity index (χ1n) is 6.60. The highest BCUT2D eigenvalue weighted by atomic mass is 16.2. The minimum Gasteiger partial charge on any atom is -0.398 e. The number of imide groups is 1. The van der Waals surface area contributed by atoms with Gasteiger partial charge in [0.1, 0.15) is 0 Å². The molecule has 1 aliphatic rings. The van der Waals surface area contributed by atoms with Gasteiger partial charge in [0, 0.05) is 11.4 Å². The molecule has 2 rings (SSSR count). The van der Waals surface area contributed by atoms with Gasteiger partial charge in [-0.05, 0) is 31.5 Å². The largest absolute Gasteiger partial charge is 0.398 e. The van der Waals surface area contributed by atoms with Crippen molar-refractivity contribution in [3.8, 4) is 0 Å². The van der Waals surface area contributed by atoms with Crippen molar-refractivity contribution in [2.45, 2.75) is 19.9 Å². The predicted molar refractivity (Wildman–Crippen MR) is 78.4 cm³/mol. The highest BCUT2D eigenvalue weighted by Crippen LogP contribution is 2.17. The quantitative estimate of drug-likeness (QED) is 0.531. The van der Waals surface area contributed by atoms with Crippen molar-refractivity contribution in [3.63, 3.8) is 0 Å². The van der Waals surface area contributed by atoms with E-state index in [1.807, 2.05) is 13.0 Å². The Morgan fingerprint density at radius 1 is 1.48 bits per heavy atom. The van der Waals surface area contributed by atoms with Gasteiger partial charge in [-0.3, -0.25) is 24.6 Å². The summed E-state index contributed by atoms with van der Waals surface area (Å²) in [5, 5.41) is 4.93. The van der Waals surface area contributed by atoms with Crippen LogP contribution in [0, 0.1) is 6.92 Å². The maximum absolute atomic E-state index is 12.0. The van der Waals surface area contributed by atoms with Crippen LogP contribution in [0.4, 0.5) is 11.4 Å². The highest BCUT2D eigenvalue weighted by Gasteiger charge is 2.31. The second kappa shape index (κ2) is 5.92. The lowest BCUT2D eigenvalue weighted by molar-refractivity contribution is -0.140. The van der Waals surface area contributed by atoms with Gasteiger partial charge >= 0.3 is 0 Å². The first-order chi connectivity index (χ1) is 9.86. The van der Waals surface area contributed by atoms with Crippen molar-refractivity contribution in [2.75, 3.05) is 24.1 Å². The lowest BCUT2D eigenvalue weighted by Crippen LogP contribution is -2.58. The third kappa shape index (κ3) is 3.57. The first-order valence-corrected chi connectivity index (χ1v) is 6.60. The Labute approximate surface area is 122 Å². The van der Waals surface area contributed by atoms with Gasteiger partial charge in [-0.25, -0.2) is 0 Å². The van der Waals surface area contributed by atoms with E-state index in [2.05, 4.69) is 10.6 Å². The predicted octanol–water partition coefficient (Wildman–Crippen LogP) is -0.137. The monoisotopic (exact) mass is 290 g/mol. The summed E-state index contributed by atoms with van der Waals surface area (Å²) in [6.07, 6.45) is 0. The van der Waals surface area contributed by atoms with E-state index in [4.69, 9.17) is 5.73 Å². The summed E-state index contributed by atoms with van der Waals surface area (Å²) >= 11 is 0. The number of carbonyl (C=O) groups is 3.